The molecule has 0 fully saturated rings. The fraction of sp³-hybridized carbons (Fsp3) is 0.360. The predicted octanol–water partition coefficient (Wildman–Crippen LogP) is 5.39. The van der Waals surface area contributed by atoms with Gasteiger partial charge in [0.1, 0.15) is 24.7 Å². The van der Waals surface area contributed by atoms with Crippen LogP contribution in [0.4, 0.5) is 4.39 Å². The zero-order valence-corrected chi connectivity index (χ0v) is 20.3. The number of nitrogens with zero attached hydrogens (tertiary/aromatic N) is 2. The average molecular weight is 487 g/mol. The van der Waals surface area contributed by atoms with Gasteiger partial charge in [-0.05, 0) is 72.5 Å². The van der Waals surface area contributed by atoms with E-state index in [1.165, 1.54) is 28.3 Å². The zero-order chi connectivity index (χ0) is 23.4. The van der Waals surface area contributed by atoms with E-state index in [4.69, 9.17) is 4.74 Å². The first kappa shape index (κ1) is 23.4. The monoisotopic (exact) mass is 486 g/mol. The molecule has 174 valence electrons. The van der Waals surface area contributed by atoms with E-state index in [0.29, 0.717) is 17.2 Å². The second-order valence-electron chi connectivity index (χ2n) is 8.08. The first-order valence-corrected chi connectivity index (χ1v) is 12.8. The molecule has 2 unspecified atom stereocenters. The van der Waals surface area contributed by atoms with Crippen molar-refractivity contribution < 1.29 is 18.7 Å². The lowest BCUT2D eigenvalue weighted by Crippen LogP contribution is -2.49. The Bertz CT molecular complexity index is 1080. The second-order valence-corrected chi connectivity index (χ2v) is 10.0. The third-order valence-corrected chi connectivity index (χ3v) is 7.91. The van der Waals surface area contributed by atoms with Gasteiger partial charge in [-0.2, -0.15) is 0 Å². The molecule has 5 nitrogen and oxygen atoms in total. The number of rotatable bonds is 8. The van der Waals surface area contributed by atoms with E-state index in [0.717, 1.165) is 18.4 Å². The summed E-state index contributed by atoms with van der Waals surface area (Å²) in [6, 6.07) is 11.3. The molecule has 1 aliphatic heterocycles. The molecule has 0 spiro atoms. The zero-order valence-electron chi connectivity index (χ0n) is 18.7. The van der Waals surface area contributed by atoms with Crippen LogP contribution in [0.3, 0.4) is 0 Å². The summed E-state index contributed by atoms with van der Waals surface area (Å²) in [5.41, 5.74) is 1.08. The molecule has 0 saturated heterocycles. The molecule has 3 heterocycles. The smallest absolute Gasteiger partial charge is 0.264 e. The Kier molecular flexibility index (Phi) is 7.45. The number of hydrogen-bond acceptors (Lipinski definition) is 5. The molecule has 0 bridgehead atoms. The Labute approximate surface area is 201 Å². The number of halogens is 1. The normalized spacial score (nSPS) is 16.2. The topological polar surface area (TPSA) is 49.9 Å². The number of amides is 2. The van der Waals surface area contributed by atoms with E-state index in [1.54, 1.807) is 34.4 Å². The van der Waals surface area contributed by atoms with Gasteiger partial charge in [0.25, 0.3) is 5.91 Å². The number of carbonyl (C=O) groups excluding carboxylic acids is 2. The quantitative estimate of drug-likeness (QED) is 0.429. The van der Waals surface area contributed by atoms with Crippen molar-refractivity contribution in [3.8, 4) is 5.75 Å². The van der Waals surface area contributed by atoms with Crippen molar-refractivity contribution in [1.82, 2.24) is 9.80 Å². The summed E-state index contributed by atoms with van der Waals surface area (Å²) in [6.45, 7) is 4.86. The summed E-state index contributed by atoms with van der Waals surface area (Å²) in [4.78, 5) is 32.0. The van der Waals surface area contributed by atoms with Gasteiger partial charge in [-0.3, -0.25) is 9.59 Å². The van der Waals surface area contributed by atoms with E-state index in [-0.39, 0.29) is 42.9 Å². The van der Waals surface area contributed by atoms with Gasteiger partial charge < -0.3 is 14.5 Å². The summed E-state index contributed by atoms with van der Waals surface area (Å²) in [7, 11) is 0. The standard InChI is InChI=1S/C25H27FN2O3S2/c1-3-17(2)28(25(30)23-5-4-13-32-23)15-24(29)27-12-10-22-20(11-14-33-22)21(27)16-31-19-8-6-18(26)7-9-19/h4-9,11,13-14,17,21H,3,10,12,15-16H2,1-2H3. The molecule has 33 heavy (non-hydrogen) atoms. The third-order valence-electron chi connectivity index (χ3n) is 6.06. The van der Waals surface area contributed by atoms with E-state index in [9.17, 15) is 14.0 Å². The van der Waals surface area contributed by atoms with Gasteiger partial charge in [0.2, 0.25) is 5.91 Å². The van der Waals surface area contributed by atoms with Crippen LogP contribution in [0.5, 0.6) is 5.75 Å². The predicted molar refractivity (Wildman–Crippen MR) is 129 cm³/mol. The van der Waals surface area contributed by atoms with Gasteiger partial charge in [-0.25, -0.2) is 4.39 Å². The van der Waals surface area contributed by atoms with E-state index in [2.05, 4.69) is 0 Å². The van der Waals surface area contributed by atoms with Crippen molar-refractivity contribution in [1.29, 1.82) is 0 Å². The summed E-state index contributed by atoms with van der Waals surface area (Å²) in [5.74, 6) is 0.0301. The van der Waals surface area contributed by atoms with Crippen molar-refractivity contribution in [2.75, 3.05) is 19.7 Å². The van der Waals surface area contributed by atoms with E-state index >= 15 is 0 Å². The molecule has 0 N–H and O–H groups in total. The van der Waals surface area contributed by atoms with Crippen LogP contribution < -0.4 is 4.74 Å². The first-order chi connectivity index (χ1) is 16.0. The fourth-order valence-electron chi connectivity index (χ4n) is 4.01. The third kappa shape index (κ3) is 5.28. The Balaban J connectivity index is 1.53. The van der Waals surface area contributed by atoms with Crippen molar-refractivity contribution in [2.24, 2.45) is 0 Å². The molecular formula is C25H27FN2O3S2. The number of fused-ring (bicyclic) bond motifs is 1. The Morgan fingerprint density at radius 1 is 1.18 bits per heavy atom. The molecule has 0 saturated carbocycles. The maximum absolute atomic E-state index is 13.5. The number of carbonyl (C=O) groups is 2. The maximum atomic E-state index is 13.5. The SMILES string of the molecule is CCC(C)N(CC(=O)N1CCc2sccc2C1COc1ccc(F)cc1)C(=O)c1cccs1. The van der Waals surface area contributed by atoms with Crippen molar-refractivity contribution in [3.05, 3.63) is 74.4 Å². The van der Waals surface area contributed by atoms with Gasteiger partial charge in [0.15, 0.2) is 0 Å². The Morgan fingerprint density at radius 2 is 1.97 bits per heavy atom. The first-order valence-electron chi connectivity index (χ1n) is 11.1. The molecule has 3 aromatic rings. The second kappa shape index (κ2) is 10.5. The number of benzene rings is 1. The molecule has 0 radical (unpaired) electrons. The molecule has 1 aliphatic rings. The number of hydrogen-bond donors (Lipinski definition) is 0. The van der Waals surface area contributed by atoms with Crippen LogP contribution in [-0.4, -0.2) is 47.4 Å². The molecule has 2 atom stereocenters. The van der Waals surface area contributed by atoms with Crippen molar-refractivity contribution in [2.45, 2.75) is 38.8 Å². The van der Waals surface area contributed by atoms with E-state index in [1.807, 2.05) is 41.6 Å². The lowest BCUT2D eigenvalue weighted by molar-refractivity contribution is -0.136. The Morgan fingerprint density at radius 3 is 2.67 bits per heavy atom. The largest absolute Gasteiger partial charge is 0.491 e. The van der Waals surface area contributed by atoms with Crippen LogP contribution in [0.2, 0.25) is 0 Å². The number of thiophene rings is 2. The maximum Gasteiger partial charge on any atom is 0.264 e. The van der Waals surface area contributed by atoms with Gasteiger partial charge in [0.05, 0.1) is 10.9 Å². The van der Waals surface area contributed by atoms with Crippen LogP contribution in [0.1, 0.15) is 46.4 Å². The minimum Gasteiger partial charge on any atom is -0.491 e. The summed E-state index contributed by atoms with van der Waals surface area (Å²) >= 11 is 3.07. The van der Waals surface area contributed by atoms with Crippen molar-refractivity contribution >= 4 is 34.5 Å². The molecule has 2 aromatic heterocycles. The van der Waals surface area contributed by atoms with Gasteiger partial charge in [0, 0.05) is 17.5 Å². The van der Waals surface area contributed by atoms with Crippen LogP contribution in [0.25, 0.3) is 0 Å². The average Bonchev–Trinajstić information content (AvgIpc) is 3.53. The lowest BCUT2D eigenvalue weighted by atomic mass is 10.00. The van der Waals surface area contributed by atoms with Gasteiger partial charge >= 0.3 is 0 Å². The highest BCUT2D eigenvalue weighted by Crippen LogP contribution is 2.34. The van der Waals surface area contributed by atoms with Gasteiger partial charge in [-0.15, -0.1) is 22.7 Å². The minimum absolute atomic E-state index is 0.0261. The summed E-state index contributed by atoms with van der Waals surface area (Å²) in [5, 5.41) is 3.91. The molecule has 8 heteroatoms. The molecule has 0 aliphatic carbocycles. The molecule has 2 amide bonds. The summed E-state index contributed by atoms with van der Waals surface area (Å²) < 4.78 is 19.2. The highest BCUT2D eigenvalue weighted by atomic mass is 32.1. The van der Waals surface area contributed by atoms with Crippen LogP contribution >= 0.6 is 22.7 Å². The molecule has 1 aromatic carbocycles. The number of ether oxygens (including phenoxy) is 1. The molecular weight excluding hydrogens is 459 g/mol. The fourth-order valence-corrected chi connectivity index (χ4v) is 5.61. The highest BCUT2D eigenvalue weighted by Gasteiger charge is 2.34. The van der Waals surface area contributed by atoms with Gasteiger partial charge in [-0.1, -0.05) is 13.0 Å². The van der Waals surface area contributed by atoms with Crippen LogP contribution in [-0.2, 0) is 11.2 Å². The van der Waals surface area contributed by atoms with Crippen molar-refractivity contribution in [3.63, 3.8) is 0 Å². The van der Waals surface area contributed by atoms with E-state index < -0.39 is 0 Å². The lowest BCUT2D eigenvalue weighted by Gasteiger charge is -2.38. The Hall–Kier alpha value is -2.71. The van der Waals surface area contributed by atoms with Crippen LogP contribution in [0.15, 0.2) is 53.2 Å². The minimum atomic E-state index is -0.322. The van der Waals surface area contributed by atoms with Crippen LogP contribution in [0, 0.1) is 5.82 Å². The highest BCUT2D eigenvalue weighted by molar-refractivity contribution is 7.12. The summed E-state index contributed by atoms with van der Waals surface area (Å²) in [6.07, 6.45) is 1.55. The molecule has 4 rings (SSSR count).